The van der Waals surface area contributed by atoms with Gasteiger partial charge in [0.05, 0.1) is 14.2 Å². The molecule has 1 amide bonds. The Bertz CT molecular complexity index is 811. The SMILES string of the molecule is COc1ccc(/C=C(\C)C(=O)N2CCCc3ccccc32)cc1OC. The van der Waals surface area contributed by atoms with Crippen molar-refractivity contribution in [3.63, 3.8) is 0 Å². The van der Waals surface area contributed by atoms with Crippen LogP contribution in [-0.2, 0) is 11.2 Å². The molecular weight excluding hydrogens is 314 g/mol. The molecule has 0 radical (unpaired) electrons. The number of benzene rings is 2. The first-order valence-electron chi connectivity index (χ1n) is 8.44. The standard InChI is InChI=1S/C21H23NO3/c1-15(13-16-10-11-19(24-2)20(14-16)25-3)21(23)22-12-6-8-17-7-4-5-9-18(17)22/h4-5,7,9-11,13-14H,6,8,12H2,1-3H3/b15-13+. The minimum Gasteiger partial charge on any atom is -0.493 e. The molecule has 25 heavy (non-hydrogen) atoms. The lowest BCUT2D eigenvalue weighted by atomic mass is 10.0. The highest BCUT2D eigenvalue weighted by atomic mass is 16.5. The van der Waals surface area contributed by atoms with Crippen molar-refractivity contribution in [2.45, 2.75) is 19.8 Å². The number of methoxy groups -OCH3 is 2. The average Bonchev–Trinajstić information content (AvgIpc) is 2.66. The monoisotopic (exact) mass is 337 g/mol. The molecule has 2 aromatic carbocycles. The highest BCUT2D eigenvalue weighted by molar-refractivity contribution is 6.08. The average molecular weight is 337 g/mol. The molecule has 0 saturated heterocycles. The van der Waals surface area contributed by atoms with E-state index in [4.69, 9.17) is 9.47 Å². The summed E-state index contributed by atoms with van der Waals surface area (Å²) in [6.45, 7) is 2.61. The van der Waals surface area contributed by atoms with Gasteiger partial charge in [-0.1, -0.05) is 24.3 Å². The Morgan fingerprint density at radius 2 is 1.84 bits per heavy atom. The Labute approximate surface area is 148 Å². The summed E-state index contributed by atoms with van der Waals surface area (Å²) < 4.78 is 10.6. The number of nitrogens with zero attached hydrogens (tertiary/aromatic N) is 1. The molecule has 0 N–H and O–H groups in total. The van der Waals surface area contributed by atoms with Gasteiger partial charge in [-0.15, -0.1) is 0 Å². The Hall–Kier alpha value is -2.75. The molecule has 0 aromatic heterocycles. The van der Waals surface area contributed by atoms with Crippen LogP contribution in [0.5, 0.6) is 11.5 Å². The fourth-order valence-corrected chi connectivity index (χ4v) is 3.21. The van der Waals surface area contributed by atoms with E-state index in [1.54, 1.807) is 14.2 Å². The van der Waals surface area contributed by atoms with Gasteiger partial charge in [-0.25, -0.2) is 0 Å². The molecule has 2 aromatic rings. The maximum absolute atomic E-state index is 12.9. The molecule has 0 atom stereocenters. The topological polar surface area (TPSA) is 38.8 Å². The van der Waals surface area contributed by atoms with Crippen molar-refractivity contribution in [1.82, 2.24) is 0 Å². The molecule has 1 aliphatic rings. The Kier molecular flexibility index (Phi) is 5.08. The number of hydrogen-bond donors (Lipinski definition) is 0. The van der Waals surface area contributed by atoms with Gasteiger partial charge in [0.1, 0.15) is 0 Å². The lowest BCUT2D eigenvalue weighted by Gasteiger charge is -2.29. The predicted octanol–water partition coefficient (Wildman–Crippen LogP) is 4.09. The van der Waals surface area contributed by atoms with Crippen molar-refractivity contribution >= 4 is 17.7 Å². The number of anilines is 1. The first-order chi connectivity index (χ1) is 12.1. The van der Waals surface area contributed by atoms with Gasteiger partial charge in [0.15, 0.2) is 11.5 Å². The normalized spacial score (nSPS) is 14.0. The van der Waals surface area contributed by atoms with Crippen LogP contribution in [0.2, 0.25) is 0 Å². The summed E-state index contributed by atoms with van der Waals surface area (Å²) in [5.74, 6) is 1.37. The van der Waals surface area contributed by atoms with Crippen LogP contribution in [0.4, 0.5) is 5.69 Å². The van der Waals surface area contributed by atoms with Gasteiger partial charge < -0.3 is 14.4 Å². The third-order valence-electron chi connectivity index (χ3n) is 4.48. The van der Waals surface area contributed by atoms with E-state index in [0.717, 1.165) is 30.6 Å². The van der Waals surface area contributed by atoms with E-state index in [0.29, 0.717) is 17.1 Å². The molecule has 0 spiro atoms. The Morgan fingerprint density at radius 3 is 2.60 bits per heavy atom. The van der Waals surface area contributed by atoms with Crippen LogP contribution < -0.4 is 14.4 Å². The van der Waals surface area contributed by atoms with Crippen molar-refractivity contribution in [3.8, 4) is 11.5 Å². The molecule has 0 aliphatic carbocycles. The molecule has 4 nitrogen and oxygen atoms in total. The van der Waals surface area contributed by atoms with Crippen LogP contribution in [0.25, 0.3) is 6.08 Å². The van der Waals surface area contributed by atoms with Gasteiger partial charge in [-0.2, -0.15) is 0 Å². The molecule has 1 heterocycles. The number of carbonyl (C=O) groups excluding carboxylic acids is 1. The fourth-order valence-electron chi connectivity index (χ4n) is 3.21. The number of carbonyl (C=O) groups is 1. The molecule has 1 aliphatic heterocycles. The number of hydrogen-bond acceptors (Lipinski definition) is 3. The second-order valence-corrected chi connectivity index (χ2v) is 6.13. The van der Waals surface area contributed by atoms with Gasteiger partial charge in [0, 0.05) is 17.8 Å². The zero-order valence-corrected chi connectivity index (χ0v) is 14.9. The Balaban J connectivity index is 1.87. The summed E-state index contributed by atoms with van der Waals surface area (Å²) in [6, 6.07) is 13.8. The van der Waals surface area contributed by atoms with E-state index in [9.17, 15) is 4.79 Å². The van der Waals surface area contributed by atoms with Crippen LogP contribution in [0.3, 0.4) is 0 Å². The van der Waals surface area contributed by atoms with Crippen molar-refractivity contribution in [3.05, 3.63) is 59.2 Å². The van der Waals surface area contributed by atoms with E-state index < -0.39 is 0 Å². The summed E-state index contributed by atoms with van der Waals surface area (Å²) in [7, 11) is 3.21. The smallest absolute Gasteiger partial charge is 0.253 e. The fraction of sp³-hybridized carbons (Fsp3) is 0.286. The highest BCUT2D eigenvalue weighted by Crippen LogP contribution is 2.30. The molecular formula is C21H23NO3. The second kappa shape index (κ2) is 7.43. The Morgan fingerprint density at radius 1 is 1.08 bits per heavy atom. The van der Waals surface area contributed by atoms with Crippen LogP contribution in [0.1, 0.15) is 24.5 Å². The summed E-state index contributed by atoms with van der Waals surface area (Å²) in [6.07, 6.45) is 3.91. The van der Waals surface area contributed by atoms with Crippen LogP contribution in [0.15, 0.2) is 48.0 Å². The lowest BCUT2D eigenvalue weighted by Crippen LogP contribution is -2.35. The first kappa shape index (κ1) is 17.1. The predicted molar refractivity (Wildman–Crippen MR) is 100 cm³/mol. The first-order valence-corrected chi connectivity index (χ1v) is 8.44. The van der Waals surface area contributed by atoms with Crippen LogP contribution in [0, 0.1) is 0 Å². The van der Waals surface area contributed by atoms with Gasteiger partial charge in [-0.05, 0) is 55.2 Å². The van der Waals surface area contributed by atoms with Crippen LogP contribution in [-0.4, -0.2) is 26.7 Å². The minimum atomic E-state index is 0.0435. The van der Waals surface area contributed by atoms with E-state index >= 15 is 0 Å². The zero-order valence-electron chi connectivity index (χ0n) is 14.9. The summed E-state index contributed by atoms with van der Waals surface area (Å²) in [5, 5.41) is 0. The number of para-hydroxylation sites is 1. The minimum absolute atomic E-state index is 0.0435. The van der Waals surface area contributed by atoms with Gasteiger partial charge in [-0.3, -0.25) is 4.79 Å². The molecule has 3 rings (SSSR count). The maximum atomic E-state index is 12.9. The molecule has 0 fully saturated rings. The lowest BCUT2D eigenvalue weighted by molar-refractivity contribution is -0.115. The van der Waals surface area contributed by atoms with Gasteiger partial charge in [0.25, 0.3) is 5.91 Å². The van der Waals surface area contributed by atoms with E-state index in [2.05, 4.69) is 6.07 Å². The van der Waals surface area contributed by atoms with E-state index in [-0.39, 0.29) is 5.91 Å². The molecule has 0 unspecified atom stereocenters. The zero-order chi connectivity index (χ0) is 17.8. The second-order valence-electron chi connectivity index (χ2n) is 6.13. The summed E-state index contributed by atoms with van der Waals surface area (Å²) >= 11 is 0. The van der Waals surface area contributed by atoms with Crippen LogP contribution >= 0.6 is 0 Å². The number of fused-ring (bicyclic) bond motifs is 1. The molecule has 0 saturated carbocycles. The molecule has 4 heteroatoms. The number of amides is 1. The summed E-state index contributed by atoms with van der Waals surface area (Å²) in [4.78, 5) is 14.8. The van der Waals surface area contributed by atoms with E-state index in [1.807, 2.05) is 54.3 Å². The largest absolute Gasteiger partial charge is 0.493 e. The maximum Gasteiger partial charge on any atom is 0.253 e. The number of rotatable bonds is 4. The van der Waals surface area contributed by atoms with Crippen molar-refractivity contribution in [2.24, 2.45) is 0 Å². The van der Waals surface area contributed by atoms with E-state index in [1.165, 1.54) is 5.56 Å². The third kappa shape index (κ3) is 3.53. The van der Waals surface area contributed by atoms with Crippen molar-refractivity contribution in [2.75, 3.05) is 25.7 Å². The van der Waals surface area contributed by atoms with Crippen molar-refractivity contribution in [1.29, 1.82) is 0 Å². The number of aryl methyl sites for hydroxylation is 1. The number of ether oxygens (including phenoxy) is 2. The quantitative estimate of drug-likeness (QED) is 0.789. The summed E-state index contributed by atoms with van der Waals surface area (Å²) in [5.41, 5.74) is 3.87. The van der Waals surface area contributed by atoms with Gasteiger partial charge >= 0.3 is 0 Å². The van der Waals surface area contributed by atoms with Crippen molar-refractivity contribution < 1.29 is 14.3 Å². The molecule has 0 bridgehead atoms. The third-order valence-corrected chi connectivity index (χ3v) is 4.48. The van der Waals surface area contributed by atoms with Gasteiger partial charge in [0.2, 0.25) is 0 Å². The molecule has 130 valence electrons. The highest BCUT2D eigenvalue weighted by Gasteiger charge is 2.23.